The van der Waals surface area contributed by atoms with Crippen molar-refractivity contribution in [3.8, 4) is 5.75 Å². The molecule has 0 fully saturated rings. The van der Waals surface area contributed by atoms with Crippen LogP contribution in [0.2, 0.25) is 0 Å². The molecule has 116 valence electrons. The molecule has 0 saturated heterocycles. The molecular weight excluding hydrogens is 268 g/mol. The Bertz CT molecular complexity index is 519. The summed E-state index contributed by atoms with van der Waals surface area (Å²) < 4.78 is 5.35. The molecule has 21 heavy (non-hydrogen) atoms. The number of carbonyl (C=O) groups is 2. The first-order chi connectivity index (χ1) is 9.75. The topological polar surface area (TPSA) is 67.4 Å². The van der Waals surface area contributed by atoms with Crippen molar-refractivity contribution in [3.63, 3.8) is 0 Å². The molecule has 0 aromatic heterocycles. The molecule has 1 aromatic carbocycles. The molecule has 0 aliphatic heterocycles. The first-order valence-electron chi connectivity index (χ1n) is 6.97. The number of hydrogen-bond donors (Lipinski definition) is 2. The highest BCUT2D eigenvalue weighted by Gasteiger charge is 2.20. The molecule has 2 amide bonds. The second-order valence-corrected chi connectivity index (χ2v) is 5.90. The van der Waals surface area contributed by atoms with E-state index >= 15 is 0 Å². The Balaban J connectivity index is 2.79. The maximum Gasteiger partial charge on any atom is 0.251 e. The summed E-state index contributed by atoms with van der Waals surface area (Å²) in [5.41, 5.74) is 1.46. The van der Waals surface area contributed by atoms with Crippen LogP contribution in [0.25, 0.3) is 0 Å². The molecule has 0 radical (unpaired) electrons. The lowest BCUT2D eigenvalue weighted by Crippen LogP contribution is -2.33. The highest BCUT2D eigenvalue weighted by molar-refractivity contribution is 5.94. The van der Waals surface area contributed by atoms with Gasteiger partial charge in [-0.3, -0.25) is 9.59 Å². The number of benzene rings is 1. The number of nitrogens with one attached hydrogen (secondary N) is 2. The van der Waals surface area contributed by atoms with Crippen LogP contribution in [0.4, 0.5) is 0 Å². The van der Waals surface area contributed by atoms with Gasteiger partial charge >= 0.3 is 0 Å². The largest absolute Gasteiger partial charge is 0.496 e. The Kier molecular flexibility index (Phi) is 5.76. The molecule has 5 heteroatoms. The third-order valence-corrected chi connectivity index (χ3v) is 3.05. The molecule has 0 atom stereocenters. The van der Waals surface area contributed by atoms with E-state index in [9.17, 15) is 9.59 Å². The number of hydrogen-bond acceptors (Lipinski definition) is 3. The molecule has 0 aliphatic carbocycles. The number of methoxy groups -OCH3 is 1. The first-order valence-corrected chi connectivity index (χ1v) is 6.97. The molecule has 0 bridgehead atoms. The van der Waals surface area contributed by atoms with E-state index in [0.29, 0.717) is 18.7 Å². The van der Waals surface area contributed by atoms with Gasteiger partial charge in [-0.25, -0.2) is 0 Å². The molecule has 2 N–H and O–H groups in total. The van der Waals surface area contributed by atoms with Crippen LogP contribution in [0.3, 0.4) is 0 Å². The summed E-state index contributed by atoms with van der Waals surface area (Å²) in [6.07, 6.45) is 0. The van der Waals surface area contributed by atoms with E-state index in [1.807, 2.05) is 12.1 Å². The summed E-state index contributed by atoms with van der Waals surface area (Å²) in [4.78, 5) is 22.8. The van der Waals surface area contributed by atoms with Crippen molar-refractivity contribution >= 4 is 11.8 Å². The molecular formula is C16H24N2O3. The monoisotopic (exact) mass is 292 g/mol. The number of amides is 2. The van der Waals surface area contributed by atoms with E-state index in [1.54, 1.807) is 13.2 Å². The van der Waals surface area contributed by atoms with Gasteiger partial charge in [0.1, 0.15) is 5.75 Å². The lowest BCUT2D eigenvalue weighted by atomic mass is 9.85. The highest BCUT2D eigenvalue weighted by atomic mass is 16.5. The van der Waals surface area contributed by atoms with Gasteiger partial charge < -0.3 is 15.4 Å². The Labute approximate surface area is 126 Å². The van der Waals surface area contributed by atoms with Gasteiger partial charge in [0.2, 0.25) is 5.91 Å². The molecule has 0 unspecified atom stereocenters. The standard InChI is InChI=1S/C16H24N2O3/c1-11(19)17-8-9-18-15(20)12-6-7-14(21-5)13(10-12)16(2,3)4/h6-7,10H,8-9H2,1-5H3,(H,17,19)(H,18,20). The minimum atomic E-state index is -0.159. The fourth-order valence-corrected chi connectivity index (χ4v) is 1.95. The zero-order valence-corrected chi connectivity index (χ0v) is 13.4. The van der Waals surface area contributed by atoms with Gasteiger partial charge in [-0.15, -0.1) is 0 Å². The Morgan fingerprint density at radius 3 is 2.29 bits per heavy atom. The molecule has 0 spiro atoms. The van der Waals surface area contributed by atoms with Crippen molar-refractivity contribution in [1.29, 1.82) is 0 Å². The quantitative estimate of drug-likeness (QED) is 0.814. The van der Waals surface area contributed by atoms with Crippen LogP contribution >= 0.6 is 0 Å². The van der Waals surface area contributed by atoms with Crippen molar-refractivity contribution in [2.75, 3.05) is 20.2 Å². The average Bonchev–Trinajstić information content (AvgIpc) is 2.41. The second-order valence-electron chi connectivity index (χ2n) is 5.90. The summed E-state index contributed by atoms with van der Waals surface area (Å²) in [7, 11) is 1.62. The van der Waals surface area contributed by atoms with Crippen LogP contribution < -0.4 is 15.4 Å². The highest BCUT2D eigenvalue weighted by Crippen LogP contribution is 2.31. The average molecular weight is 292 g/mol. The van der Waals surface area contributed by atoms with Crippen LogP contribution in [0.1, 0.15) is 43.6 Å². The smallest absolute Gasteiger partial charge is 0.251 e. The molecule has 0 aliphatic rings. The van der Waals surface area contributed by atoms with Crippen LogP contribution in [0, 0.1) is 0 Å². The van der Waals surface area contributed by atoms with Gasteiger partial charge in [0.15, 0.2) is 0 Å². The lowest BCUT2D eigenvalue weighted by Gasteiger charge is -2.22. The SMILES string of the molecule is COc1ccc(C(=O)NCCNC(C)=O)cc1C(C)(C)C. The minimum Gasteiger partial charge on any atom is -0.496 e. The zero-order valence-electron chi connectivity index (χ0n) is 13.4. The van der Waals surface area contributed by atoms with E-state index in [-0.39, 0.29) is 17.2 Å². The maximum absolute atomic E-state index is 12.1. The number of ether oxygens (including phenoxy) is 1. The molecule has 1 rings (SSSR count). The molecule has 1 aromatic rings. The predicted octanol–water partition coefficient (Wildman–Crippen LogP) is 1.86. The number of rotatable bonds is 5. The molecule has 0 saturated carbocycles. The summed E-state index contributed by atoms with van der Waals surface area (Å²) in [6, 6.07) is 5.40. The van der Waals surface area contributed by atoms with E-state index in [1.165, 1.54) is 6.92 Å². The van der Waals surface area contributed by atoms with Crippen molar-refractivity contribution in [1.82, 2.24) is 10.6 Å². The van der Waals surface area contributed by atoms with Gasteiger partial charge in [-0.2, -0.15) is 0 Å². The van der Waals surface area contributed by atoms with Gasteiger partial charge in [-0.1, -0.05) is 20.8 Å². The summed E-state index contributed by atoms with van der Waals surface area (Å²) >= 11 is 0. The van der Waals surface area contributed by atoms with Gasteiger partial charge in [0.25, 0.3) is 5.91 Å². The second kappa shape index (κ2) is 7.11. The van der Waals surface area contributed by atoms with Crippen molar-refractivity contribution in [2.45, 2.75) is 33.1 Å². The van der Waals surface area contributed by atoms with Crippen LogP contribution in [-0.2, 0) is 10.2 Å². The summed E-state index contributed by atoms with van der Waals surface area (Å²) in [6.45, 7) is 8.48. The Morgan fingerprint density at radius 1 is 1.14 bits per heavy atom. The predicted molar refractivity (Wildman–Crippen MR) is 82.7 cm³/mol. The van der Waals surface area contributed by atoms with Crippen LogP contribution in [0.15, 0.2) is 18.2 Å². The third-order valence-electron chi connectivity index (χ3n) is 3.05. The van der Waals surface area contributed by atoms with Crippen molar-refractivity contribution in [3.05, 3.63) is 29.3 Å². The van der Waals surface area contributed by atoms with E-state index in [2.05, 4.69) is 31.4 Å². The fraction of sp³-hybridized carbons (Fsp3) is 0.500. The summed E-state index contributed by atoms with van der Waals surface area (Å²) in [5.74, 6) is 0.509. The fourth-order valence-electron chi connectivity index (χ4n) is 1.95. The van der Waals surface area contributed by atoms with Crippen molar-refractivity contribution < 1.29 is 14.3 Å². The van der Waals surface area contributed by atoms with Crippen LogP contribution in [0.5, 0.6) is 5.75 Å². The Hall–Kier alpha value is -2.04. The normalized spacial score (nSPS) is 10.9. The molecule has 5 nitrogen and oxygen atoms in total. The first kappa shape index (κ1) is 17.0. The zero-order chi connectivity index (χ0) is 16.0. The van der Waals surface area contributed by atoms with Gasteiger partial charge in [0, 0.05) is 31.1 Å². The van der Waals surface area contributed by atoms with Gasteiger partial charge in [-0.05, 0) is 23.6 Å². The van der Waals surface area contributed by atoms with Gasteiger partial charge in [0.05, 0.1) is 7.11 Å². The molecule has 0 heterocycles. The number of carbonyl (C=O) groups excluding carboxylic acids is 2. The summed E-state index contributed by atoms with van der Waals surface area (Å²) in [5, 5.41) is 5.41. The lowest BCUT2D eigenvalue weighted by molar-refractivity contribution is -0.118. The van der Waals surface area contributed by atoms with Crippen LogP contribution in [-0.4, -0.2) is 32.0 Å². The van der Waals surface area contributed by atoms with E-state index in [0.717, 1.165) is 11.3 Å². The minimum absolute atomic E-state index is 0.108. The maximum atomic E-state index is 12.1. The third kappa shape index (κ3) is 5.10. The van der Waals surface area contributed by atoms with E-state index < -0.39 is 0 Å². The van der Waals surface area contributed by atoms with E-state index in [4.69, 9.17) is 4.74 Å². The Morgan fingerprint density at radius 2 is 1.76 bits per heavy atom. The van der Waals surface area contributed by atoms with Crippen molar-refractivity contribution in [2.24, 2.45) is 0 Å².